The van der Waals surface area contributed by atoms with Crippen LogP contribution in [0, 0.1) is 0 Å². The highest BCUT2D eigenvalue weighted by Gasteiger charge is 2.12. The topological polar surface area (TPSA) is 24.4 Å². The molecule has 1 aromatic carbocycles. The van der Waals surface area contributed by atoms with E-state index in [-0.39, 0.29) is 0 Å². The van der Waals surface area contributed by atoms with E-state index in [1.807, 2.05) is 24.4 Å². The molecule has 1 unspecified atom stereocenters. The number of benzene rings is 1. The fraction of sp³-hybridized carbons (Fsp3) is 0.125. The second-order valence-corrected chi connectivity index (χ2v) is 3.24. The van der Waals surface area contributed by atoms with Crippen LogP contribution in [0.5, 0.6) is 0 Å². The molecule has 1 aliphatic rings. The van der Waals surface area contributed by atoms with Crippen LogP contribution in [0.25, 0.3) is 0 Å². The highest BCUT2D eigenvalue weighted by Crippen LogP contribution is 2.27. The Bertz CT molecular complexity index is 258. The molecule has 0 spiro atoms. The minimum absolute atomic E-state index is 0.385. The van der Waals surface area contributed by atoms with Crippen LogP contribution in [0.1, 0.15) is 10.8 Å². The third-order valence-electron chi connectivity index (χ3n) is 1.57. The summed E-state index contributed by atoms with van der Waals surface area (Å²) >= 11 is 1.62. The lowest BCUT2D eigenvalue weighted by Crippen LogP contribution is -1.91. The Hall–Kier alpha value is -0.960. The van der Waals surface area contributed by atoms with Crippen LogP contribution in [0.4, 0.5) is 0 Å². The second kappa shape index (κ2) is 2.96. The standard InChI is InChI=1S/C8H8N2S/c1-2-4-7(5-3-1)8-6-9-10-11-8/h1-6,8,10H. The maximum Gasteiger partial charge on any atom is 0.0880 e. The molecule has 1 aliphatic heterocycles. The molecule has 2 nitrogen and oxygen atoms in total. The van der Waals surface area contributed by atoms with Gasteiger partial charge in [-0.2, -0.15) is 5.10 Å². The molecule has 0 aromatic heterocycles. The van der Waals surface area contributed by atoms with Crippen LogP contribution in [0.3, 0.4) is 0 Å². The molecular weight excluding hydrogens is 156 g/mol. The number of nitrogens with one attached hydrogen (secondary N) is 1. The van der Waals surface area contributed by atoms with Crippen LogP contribution in [0.15, 0.2) is 35.4 Å². The van der Waals surface area contributed by atoms with E-state index < -0.39 is 0 Å². The van der Waals surface area contributed by atoms with Gasteiger partial charge in [0.15, 0.2) is 0 Å². The van der Waals surface area contributed by atoms with Gasteiger partial charge >= 0.3 is 0 Å². The summed E-state index contributed by atoms with van der Waals surface area (Å²) in [6, 6.07) is 10.3. The quantitative estimate of drug-likeness (QED) is 0.642. The van der Waals surface area contributed by atoms with Gasteiger partial charge in [-0.15, -0.1) is 0 Å². The molecule has 0 saturated carbocycles. The van der Waals surface area contributed by atoms with Gasteiger partial charge in [0, 0.05) is 6.21 Å². The average molecular weight is 164 g/mol. The molecule has 0 radical (unpaired) electrons. The molecule has 1 heterocycles. The lowest BCUT2D eigenvalue weighted by atomic mass is 10.2. The van der Waals surface area contributed by atoms with Crippen molar-refractivity contribution in [1.29, 1.82) is 0 Å². The molecule has 3 heteroatoms. The highest BCUT2D eigenvalue weighted by molar-refractivity contribution is 7.98. The van der Waals surface area contributed by atoms with Gasteiger partial charge in [-0.1, -0.05) is 30.3 Å². The zero-order valence-corrected chi connectivity index (χ0v) is 6.71. The molecule has 0 saturated heterocycles. The number of hydrogen-bond acceptors (Lipinski definition) is 3. The molecular formula is C8H8N2S. The van der Waals surface area contributed by atoms with Crippen LogP contribution < -0.4 is 4.83 Å². The minimum atomic E-state index is 0.385. The van der Waals surface area contributed by atoms with E-state index in [4.69, 9.17) is 0 Å². The largest absolute Gasteiger partial charge is 0.251 e. The second-order valence-electron chi connectivity index (χ2n) is 2.32. The number of hydrazone groups is 1. The Morgan fingerprint density at radius 3 is 2.73 bits per heavy atom. The van der Waals surface area contributed by atoms with Gasteiger partial charge in [0.1, 0.15) is 0 Å². The monoisotopic (exact) mass is 164 g/mol. The van der Waals surface area contributed by atoms with E-state index in [1.54, 1.807) is 11.9 Å². The van der Waals surface area contributed by atoms with Gasteiger partial charge in [-0.05, 0) is 17.5 Å². The van der Waals surface area contributed by atoms with E-state index in [1.165, 1.54) is 5.56 Å². The summed E-state index contributed by atoms with van der Waals surface area (Å²) in [5.41, 5.74) is 1.30. The lowest BCUT2D eigenvalue weighted by molar-refractivity contribution is 1.15. The van der Waals surface area contributed by atoms with Gasteiger partial charge in [-0.3, -0.25) is 4.83 Å². The van der Waals surface area contributed by atoms with Crippen LogP contribution in [-0.4, -0.2) is 6.21 Å². The van der Waals surface area contributed by atoms with Gasteiger partial charge in [0.05, 0.1) is 5.25 Å². The molecule has 1 atom stereocenters. The van der Waals surface area contributed by atoms with Crippen molar-refractivity contribution in [3.05, 3.63) is 35.9 Å². The summed E-state index contributed by atoms with van der Waals surface area (Å²) in [7, 11) is 0. The fourth-order valence-electron chi connectivity index (χ4n) is 1.01. The first-order chi connectivity index (χ1) is 5.47. The highest BCUT2D eigenvalue weighted by atomic mass is 32.2. The first-order valence-corrected chi connectivity index (χ1v) is 4.33. The Balaban J connectivity index is 2.23. The molecule has 56 valence electrons. The van der Waals surface area contributed by atoms with Crippen molar-refractivity contribution >= 4 is 18.2 Å². The minimum Gasteiger partial charge on any atom is -0.251 e. The Morgan fingerprint density at radius 2 is 2.09 bits per heavy atom. The molecule has 1 N–H and O–H groups in total. The van der Waals surface area contributed by atoms with Crippen molar-refractivity contribution in [2.75, 3.05) is 0 Å². The molecule has 0 amide bonds. The SMILES string of the molecule is C1=NNSC1c1ccccc1. The maximum atomic E-state index is 3.93. The van der Waals surface area contributed by atoms with E-state index in [9.17, 15) is 0 Å². The van der Waals surface area contributed by atoms with Crippen LogP contribution in [-0.2, 0) is 0 Å². The molecule has 1 aromatic rings. The van der Waals surface area contributed by atoms with Crippen molar-refractivity contribution < 1.29 is 0 Å². The van der Waals surface area contributed by atoms with Gasteiger partial charge in [-0.25, -0.2) is 0 Å². The zero-order chi connectivity index (χ0) is 7.52. The molecule has 0 aliphatic carbocycles. The normalized spacial score (nSPS) is 21.6. The number of hydrogen-bond donors (Lipinski definition) is 1. The summed E-state index contributed by atoms with van der Waals surface area (Å²) in [6.45, 7) is 0. The first-order valence-electron chi connectivity index (χ1n) is 3.45. The molecule has 2 rings (SSSR count). The Kier molecular flexibility index (Phi) is 1.81. The smallest absolute Gasteiger partial charge is 0.0880 e. The van der Waals surface area contributed by atoms with Gasteiger partial charge in [0.2, 0.25) is 0 Å². The molecule has 11 heavy (non-hydrogen) atoms. The fourth-order valence-corrected chi connectivity index (χ4v) is 1.66. The van der Waals surface area contributed by atoms with E-state index in [2.05, 4.69) is 22.1 Å². The average Bonchev–Trinajstić information content (AvgIpc) is 2.58. The van der Waals surface area contributed by atoms with Crippen molar-refractivity contribution in [2.45, 2.75) is 5.25 Å². The predicted octanol–water partition coefficient (Wildman–Crippen LogP) is 1.96. The molecule has 0 bridgehead atoms. The summed E-state index contributed by atoms with van der Waals surface area (Å²) in [4.78, 5) is 2.86. The third-order valence-corrected chi connectivity index (χ3v) is 2.43. The number of rotatable bonds is 1. The van der Waals surface area contributed by atoms with E-state index in [0.717, 1.165) is 0 Å². The first kappa shape index (κ1) is 6.73. The summed E-state index contributed by atoms with van der Waals surface area (Å²) < 4.78 is 0. The lowest BCUT2D eigenvalue weighted by Gasteiger charge is -2.02. The summed E-state index contributed by atoms with van der Waals surface area (Å²) in [5, 5.41) is 4.31. The van der Waals surface area contributed by atoms with Gasteiger partial charge < -0.3 is 0 Å². The van der Waals surface area contributed by atoms with Crippen molar-refractivity contribution in [2.24, 2.45) is 5.10 Å². The van der Waals surface area contributed by atoms with Crippen molar-refractivity contribution in [3.63, 3.8) is 0 Å². The van der Waals surface area contributed by atoms with Crippen LogP contribution >= 0.6 is 11.9 Å². The predicted molar refractivity (Wildman–Crippen MR) is 48.4 cm³/mol. The summed E-state index contributed by atoms with van der Waals surface area (Å²) in [6.07, 6.45) is 1.92. The maximum absolute atomic E-state index is 3.93. The Labute approximate surface area is 69.8 Å². The number of nitrogens with zero attached hydrogens (tertiary/aromatic N) is 1. The Morgan fingerprint density at radius 1 is 1.27 bits per heavy atom. The molecule has 0 fully saturated rings. The van der Waals surface area contributed by atoms with Crippen LogP contribution in [0.2, 0.25) is 0 Å². The van der Waals surface area contributed by atoms with Crippen molar-refractivity contribution in [3.8, 4) is 0 Å². The van der Waals surface area contributed by atoms with Crippen molar-refractivity contribution in [1.82, 2.24) is 4.83 Å². The summed E-state index contributed by atoms with van der Waals surface area (Å²) in [5.74, 6) is 0. The van der Waals surface area contributed by atoms with Gasteiger partial charge in [0.25, 0.3) is 0 Å². The third kappa shape index (κ3) is 1.38. The van der Waals surface area contributed by atoms with E-state index in [0.29, 0.717) is 5.25 Å². The van der Waals surface area contributed by atoms with E-state index >= 15 is 0 Å². The zero-order valence-electron chi connectivity index (χ0n) is 5.90.